The average molecular weight is 270 g/mol. The Morgan fingerprint density at radius 2 is 1.89 bits per heavy atom. The van der Waals surface area contributed by atoms with Crippen molar-refractivity contribution in [3.63, 3.8) is 0 Å². The molecule has 100 valence electrons. The van der Waals surface area contributed by atoms with Crippen LogP contribution < -0.4 is 15.2 Å². The van der Waals surface area contributed by atoms with Crippen LogP contribution in [0.5, 0.6) is 11.5 Å². The molecule has 1 aliphatic carbocycles. The summed E-state index contributed by atoms with van der Waals surface area (Å²) in [6.07, 6.45) is 3.14. The molecule has 18 heavy (non-hydrogen) atoms. The van der Waals surface area contributed by atoms with Crippen LogP contribution in [0.15, 0.2) is 6.07 Å². The Labute approximate surface area is 113 Å². The summed E-state index contributed by atoms with van der Waals surface area (Å²) in [5, 5.41) is 0.598. The maximum atomic E-state index is 6.29. The van der Waals surface area contributed by atoms with Gasteiger partial charge in [0.2, 0.25) is 0 Å². The molecule has 0 spiro atoms. The number of hydrogen-bond acceptors (Lipinski definition) is 3. The molecule has 3 nitrogen and oxygen atoms in total. The molecule has 1 aromatic carbocycles. The van der Waals surface area contributed by atoms with Gasteiger partial charge in [-0.3, -0.25) is 0 Å². The Kier molecular flexibility index (Phi) is 3.74. The van der Waals surface area contributed by atoms with Crippen molar-refractivity contribution >= 4 is 11.6 Å². The van der Waals surface area contributed by atoms with E-state index >= 15 is 0 Å². The van der Waals surface area contributed by atoms with Gasteiger partial charge in [-0.05, 0) is 30.9 Å². The second-order valence-electron chi connectivity index (χ2n) is 4.79. The van der Waals surface area contributed by atoms with Gasteiger partial charge in [0, 0.05) is 17.5 Å². The molecule has 2 rings (SSSR count). The van der Waals surface area contributed by atoms with Crippen LogP contribution in [0.2, 0.25) is 5.02 Å². The van der Waals surface area contributed by atoms with Gasteiger partial charge >= 0.3 is 0 Å². The molecule has 2 N–H and O–H groups in total. The zero-order chi connectivity index (χ0) is 13.3. The van der Waals surface area contributed by atoms with Crippen LogP contribution in [0.4, 0.5) is 0 Å². The summed E-state index contributed by atoms with van der Waals surface area (Å²) in [5.41, 5.74) is 8.43. The predicted molar refractivity (Wildman–Crippen MR) is 73.9 cm³/mol. The number of hydrogen-bond donors (Lipinski definition) is 1. The van der Waals surface area contributed by atoms with Crippen LogP contribution in [0.25, 0.3) is 0 Å². The number of rotatable bonds is 5. The van der Waals surface area contributed by atoms with Crippen molar-refractivity contribution < 1.29 is 9.47 Å². The van der Waals surface area contributed by atoms with E-state index in [0.717, 1.165) is 25.0 Å². The molecule has 0 heterocycles. The number of halogens is 1. The van der Waals surface area contributed by atoms with Crippen LogP contribution in [0.1, 0.15) is 30.9 Å². The molecule has 0 saturated heterocycles. The lowest BCUT2D eigenvalue weighted by Crippen LogP contribution is -2.21. The van der Waals surface area contributed by atoms with Crippen LogP contribution in [0, 0.1) is 0 Å². The van der Waals surface area contributed by atoms with Crippen LogP contribution in [-0.2, 0) is 11.8 Å². The van der Waals surface area contributed by atoms with Gasteiger partial charge in [0.15, 0.2) is 11.5 Å². The van der Waals surface area contributed by atoms with Gasteiger partial charge < -0.3 is 15.2 Å². The minimum Gasteiger partial charge on any atom is -0.493 e. The van der Waals surface area contributed by atoms with Gasteiger partial charge in [0.25, 0.3) is 0 Å². The normalized spacial score (nSPS) is 16.5. The van der Waals surface area contributed by atoms with Crippen molar-refractivity contribution in [2.75, 3.05) is 20.8 Å². The van der Waals surface area contributed by atoms with Gasteiger partial charge in [0.1, 0.15) is 0 Å². The molecule has 1 fully saturated rings. The molecule has 0 amide bonds. The quantitative estimate of drug-likeness (QED) is 0.894. The highest BCUT2D eigenvalue weighted by molar-refractivity contribution is 6.32. The van der Waals surface area contributed by atoms with Crippen molar-refractivity contribution in [3.05, 3.63) is 22.2 Å². The number of ether oxygens (including phenoxy) is 2. The molecule has 0 radical (unpaired) electrons. The Hall–Kier alpha value is -0.930. The molecular weight excluding hydrogens is 250 g/mol. The lowest BCUT2D eigenvalue weighted by molar-refractivity contribution is 0.351. The first-order valence-corrected chi connectivity index (χ1v) is 6.65. The fraction of sp³-hybridized carbons (Fsp3) is 0.571. The fourth-order valence-corrected chi connectivity index (χ4v) is 2.88. The second kappa shape index (κ2) is 4.98. The van der Waals surface area contributed by atoms with Crippen molar-refractivity contribution in [3.8, 4) is 11.5 Å². The second-order valence-corrected chi connectivity index (χ2v) is 5.20. The molecule has 1 aromatic rings. The highest BCUT2D eigenvalue weighted by Crippen LogP contribution is 2.53. The Morgan fingerprint density at radius 3 is 2.28 bits per heavy atom. The summed E-state index contributed by atoms with van der Waals surface area (Å²) in [4.78, 5) is 0. The van der Waals surface area contributed by atoms with E-state index in [1.165, 1.54) is 11.1 Å². The zero-order valence-electron chi connectivity index (χ0n) is 11.2. The summed E-state index contributed by atoms with van der Waals surface area (Å²) in [5.74, 6) is 1.37. The molecule has 1 aliphatic rings. The third-order valence-corrected chi connectivity index (χ3v) is 4.15. The highest BCUT2D eigenvalue weighted by atomic mass is 35.5. The maximum absolute atomic E-state index is 6.29. The molecule has 0 aromatic heterocycles. The van der Waals surface area contributed by atoms with Crippen molar-refractivity contribution in [2.45, 2.75) is 31.6 Å². The summed E-state index contributed by atoms with van der Waals surface area (Å²) in [6, 6.07) is 2.00. The van der Waals surface area contributed by atoms with Crippen LogP contribution >= 0.6 is 11.6 Å². The first-order chi connectivity index (χ1) is 8.63. The molecule has 0 unspecified atom stereocenters. The first kappa shape index (κ1) is 13.5. The molecular formula is C14H20ClNO2. The predicted octanol–water partition coefficient (Wildman–Crippen LogP) is 2.91. The standard InChI is InChI=1S/C14H20ClNO2/c1-4-9-10(14(8-16)5-6-14)7-11(15)13(18-3)12(9)17-2/h7H,4-6,8,16H2,1-3H3. The van der Waals surface area contributed by atoms with Gasteiger partial charge in [0.05, 0.1) is 19.2 Å². The van der Waals surface area contributed by atoms with Crippen molar-refractivity contribution in [1.29, 1.82) is 0 Å². The van der Waals surface area contributed by atoms with Gasteiger partial charge in [-0.1, -0.05) is 18.5 Å². The number of benzene rings is 1. The van der Waals surface area contributed by atoms with Crippen molar-refractivity contribution in [2.24, 2.45) is 5.73 Å². The summed E-state index contributed by atoms with van der Waals surface area (Å²) in [6.45, 7) is 2.77. The third kappa shape index (κ3) is 1.95. The zero-order valence-corrected chi connectivity index (χ0v) is 11.9. The van der Waals surface area contributed by atoms with E-state index in [1.54, 1.807) is 14.2 Å². The van der Waals surface area contributed by atoms with E-state index in [-0.39, 0.29) is 5.41 Å². The van der Waals surface area contributed by atoms with E-state index in [2.05, 4.69) is 6.92 Å². The number of methoxy groups -OCH3 is 2. The average Bonchev–Trinajstić information content (AvgIpc) is 3.18. The van der Waals surface area contributed by atoms with Crippen LogP contribution in [-0.4, -0.2) is 20.8 Å². The first-order valence-electron chi connectivity index (χ1n) is 6.27. The van der Waals surface area contributed by atoms with E-state index < -0.39 is 0 Å². The largest absolute Gasteiger partial charge is 0.493 e. The van der Waals surface area contributed by atoms with Gasteiger partial charge in [-0.15, -0.1) is 0 Å². The molecule has 0 bridgehead atoms. The van der Waals surface area contributed by atoms with Gasteiger partial charge in [-0.25, -0.2) is 0 Å². The topological polar surface area (TPSA) is 44.5 Å². The lowest BCUT2D eigenvalue weighted by Gasteiger charge is -2.22. The molecule has 0 atom stereocenters. The summed E-state index contributed by atoms with van der Waals surface area (Å²) in [7, 11) is 3.26. The minimum atomic E-state index is 0.106. The SMILES string of the molecule is CCc1c(C2(CN)CC2)cc(Cl)c(OC)c1OC. The highest BCUT2D eigenvalue weighted by Gasteiger charge is 2.45. The Morgan fingerprint density at radius 1 is 1.28 bits per heavy atom. The Balaban J connectivity index is 2.64. The maximum Gasteiger partial charge on any atom is 0.179 e. The Bertz CT molecular complexity index is 456. The van der Waals surface area contributed by atoms with Crippen molar-refractivity contribution in [1.82, 2.24) is 0 Å². The van der Waals surface area contributed by atoms with E-state index in [9.17, 15) is 0 Å². The molecule has 4 heteroatoms. The smallest absolute Gasteiger partial charge is 0.179 e. The molecule has 1 saturated carbocycles. The van der Waals surface area contributed by atoms with Crippen LogP contribution in [0.3, 0.4) is 0 Å². The van der Waals surface area contributed by atoms with Gasteiger partial charge in [-0.2, -0.15) is 0 Å². The fourth-order valence-electron chi connectivity index (χ4n) is 2.61. The third-order valence-electron chi connectivity index (χ3n) is 3.87. The van der Waals surface area contributed by atoms with E-state index in [4.69, 9.17) is 26.8 Å². The monoisotopic (exact) mass is 269 g/mol. The minimum absolute atomic E-state index is 0.106. The van der Waals surface area contributed by atoms with E-state index in [1.807, 2.05) is 6.07 Å². The lowest BCUT2D eigenvalue weighted by atomic mass is 9.89. The number of nitrogens with two attached hydrogens (primary N) is 1. The summed E-state index contributed by atoms with van der Waals surface area (Å²) < 4.78 is 10.8. The molecule has 0 aliphatic heterocycles. The summed E-state index contributed by atoms with van der Waals surface area (Å²) >= 11 is 6.29. The van der Waals surface area contributed by atoms with E-state index in [0.29, 0.717) is 17.3 Å².